The molecule has 1 saturated heterocycles. The molecular formula is C17H27NO. The molecule has 0 spiro atoms. The second-order valence-electron chi connectivity index (χ2n) is 5.56. The van der Waals surface area contributed by atoms with Crippen LogP contribution in [0.5, 0.6) is 0 Å². The van der Waals surface area contributed by atoms with Crippen molar-refractivity contribution in [3.8, 4) is 0 Å². The summed E-state index contributed by atoms with van der Waals surface area (Å²) >= 11 is 0. The van der Waals surface area contributed by atoms with Gasteiger partial charge in [-0.05, 0) is 42.9 Å². The second-order valence-corrected chi connectivity index (χ2v) is 5.56. The SMILES string of the molecule is CCNC(c1ccc(C(C)CC)cc1)C1CCCO1. The fourth-order valence-electron chi connectivity index (χ4n) is 2.82. The van der Waals surface area contributed by atoms with E-state index in [1.165, 1.54) is 30.4 Å². The Morgan fingerprint density at radius 1 is 1.21 bits per heavy atom. The number of hydrogen-bond donors (Lipinski definition) is 1. The summed E-state index contributed by atoms with van der Waals surface area (Å²) in [6, 6.07) is 9.46. The van der Waals surface area contributed by atoms with Crippen LogP contribution in [0.2, 0.25) is 0 Å². The fourth-order valence-corrected chi connectivity index (χ4v) is 2.82. The summed E-state index contributed by atoms with van der Waals surface area (Å²) in [5, 5.41) is 3.58. The molecule has 2 rings (SSSR count). The maximum atomic E-state index is 5.86. The van der Waals surface area contributed by atoms with E-state index in [0.29, 0.717) is 18.1 Å². The van der Waals surface area contributed by atoms with Gasteiger partial charge in [0.05, 0.1) is 12.1 Å². The van der Waals surface area contributed by atoms with Crippen LogP contribution in [0.15, 0.2) is 24.3 Å². The Morgan fingerprint density at radius 3 is 2.42 bits per heavy atom. The topological polar surface area (TPSA) is 21.3 Å². The van der Waals surface area contributed by atoms with E-state index in [1.54, 1.807) is 0 Å². The lowest BCUT2D eigenvalue weighted by Gasteiger charge is -2.24. The van der Waals surface area contributed by atoms with Gasteiger partial charge < -0.3 is 10.1 Å². The third kappa shape index (κ3) is 3.58. The Bertz CT molecular complexity index is 367. The highest BCUT2D eigenvalue weighted by Gasteiger charge is 2.26. The van der Waals surface area contributed by atoms with Gasteiger partial charge in [-0.1, -0.05) is 45.0 Å². The molecule has 1 aliphatic rings. The smallest absolute Gasteiger partial charge is 0.0770 e. The van der Waals surface area contributed by atoms with Gasteiger partial charge in [-0.2, -0.15) is 0 Å². The number of ether oxygens (including phenoxy) is 1. The van der Waals surface area contributed by atoms with Crippen LogP contribution < -0.4 is 5.32 Å². The zero-order valence-electron chi connectivity index (χ0n) is 12.5. The zero-order valence-corrected chi connectivity index (χ0v) is 12.5. The van der Waals surface area contributed by atoms with E-state index in [9.17, 15) is 0 Å². The third-order valence-corrected chi connectivity index (χ3v) is 4.24. The van der Waals surface area contributed by atoms with Crippen LogP contribution in [-0.2, 0) is 4.74 Å². The predicted octanol–water partition coefficient (Wildman–Crippen LogP) is 4.03. The van der Waals surface area contributed by atoms with Gasteiger partial charge in [0, 0.05) is 6.61 Å². The van der Waals surface area contributed by atoms with Gasteiger partial charge in [0.1, 0.15) is 0 Å². The van der Waals surface area contributed by atoms with Crippen LogP contribution in [0.4, 0.5) is 0 Å². The Kier molecular flexibility index (Phi) is 5.41. The van der Waals surface area contributed by atoms with Crippen LogP contribution in [0.3, 0.4) is 0 Å². The summed E-state index contributed by atoms with van der Waals surface area (Å²) in [5.74, 6) is 0.648. The molecule has 1 aromatic carbocycles. The van der Waals surface area contributed by atoms with E-state index in [0.717, 1.165) is 13.2 Å². The molecule has 19 heavy (non-hydrogen) atoms. The van der Waals surface area contributed by atoms with Crippen molar-refractivity contribution in [3.63, 3.8) is 0 Å². The van der Waals surface area contributed by atoms with Crippen molar-refractivity contribution >= 4 is 0 Å². The second kappa shape index (κ2) is 7.06. The molecule has 1 aromatic rings. The van der Waals surface area contributed by atoms with E-state index in [-0.39, 0.29) is 0 Å². The lowest BCUT2D eigenvalue weighted by molar-refractivity contribution is 0.0788. The first-order chi connectivity index (χ1) is 9.26. The number of hydrogen-bond acceptors (Lipinski definition) is 2. The van der Waals surface area contributed by atoms with E-state index < -0.39 is 0 Å². The number of rotatable bonds is 6. The van der Waals surface area contributed by atoms with Crippen molar-refractivity contribution in [2.24, 2.45) is 0 Å². The van der Waals surface area contributed by atoms with Crippen LogP contribution in [0.1, 0.15) is 63.1 Å². The van der Waals surface area contributed by atoms with Crippen LogP contribution in [-0.4, -0.2) is 19.3 Å². The Hall–Kier alpha value is -0.860. The highest BCUT2D eigenvalue weighted by molar-refractivity contribution is 5.28. The Labute approximate surface area is 117 Å². The van der Waals surface area contributed by atoms with Gasteiger partial charge in [0.25, 0.3) is 0 Å². The van der Waals surface area contributed by atoms with Crippen molar-refractivity contribution < 1.29 is 4.74 Å². The van der Waals surface area contributed by atoms with Crippen molar-refractivity contribution in [2.75, 3.05) is 13.2 Å². The number of nitrogens with one attached hydrogen (secondary N) is 1. The summed E-state index contributed by atoms with van der Waals surface area (Å²) in [4.78, 5) is 0. The minimum absolute atomic E-state index is 0.342. The molecule has 1 heterocycles. The average molecular weight is 261 g/mol. The van der Waals surface area contributed by atoms with E-state index in [2.05, 4.69) is 50.4 Å². The molecule has 0 amide bonds. The molecule has 0 aromatic heterocycles. The number of likely N-dealkylation sites (N-methyl/N-ethyl adjacent to an activating group) is 1. The molecule has 1 N–H and O–H groups in total. The largest absolute Gasteiger partial charge is 0.376 e. The standard InChI is InChI=1S/C17H27NO/c1-4-13(3)14-8-10-15(11-9-14)17(18-5-2)16-7-6-12-19-16/h8-11,13,16-18H,4-7,12H2,1-3H3. The summed E-state index contributed by atoms with van der Waals surface area (Å²) in [6.45, 7) is 8.59. The van der Waals surface area contributed by atoms with Gasteiger partial charge in [-0.15, -0.1) is 0 Å². The lowest BCUT2D eigenvalue weighted by Crippen LogP contribution is -2.31. The number of benzene rings is 1. The summed E-state index contributed by atoms with van der Waals surface area (Å²) < 4.78 is 5.86. The molecule has 2 nitrogen and oxygen atoms in total. The van der Waals surface area contributed by atoms with E-state index in [1.807, 2.05) is 0 Å². The van der Waals surface area contributed by atoms with Gasteiger partial charge in [-0.3, -0.25) is 0 Å². The maximum Gasteiger partial charge on any atom is 0.0770 e. The average Bonchev–Trinajstić information content (AvgIpc) is 2.98. The molecule has 3 unspecified atom stereocenters. The van der Waals surface area contributed by atoms with Gasteiger partial charge in [0.15, 0.2) is 0 Å². The van der Waals surface area contributed by atoms with Crippen molar-refractivity contribution in [1.29, 1.82) is 0 Å². The van der Waals surface area contributed by atoms with Crippen LogP contribution >= 0.6 is 0 Å². The quantitative estimate of drug-likeness (QED) is 0.834. The first kappa shape index (κ1) is 14.5. The fraction of sp³-hybridized carbons (Fsp3) is 0.647. The van der Waals surface area contributed by atoms with Crippen molar-refractivity contribution in [1.82, 2.24) is 5.32 Å². The minimum Gasteiger partial charge on any atom is -0.376 e. The van der Waals surface area contributed by atoms with Crippen LogP contribution in [0.25, 0.3) is 0 Å². The van der Waals surface area contributed by atoms with Crippen LogP contribution in [0, 0.1) is 0 Å². The summed E-state index contributed by atoms with van der Waals surface area (Å²) in [7, 11) is 0. The molecule has 0 radical (unpaired) electrons. The Morgan fingerprint density at radius 2 is 1.89 bits per heavy atom. The van der Waals surface area contributed by atoms with E-state index >= 15 is 0 Å². The maximum absolute atomic E-state index is 5.86. The Balaban J connectivity index is 2.12. The first-order valence-electron chi connectivity index (χ1n) is 7.71. The summed E-state index contributed by atoms with van der Waals surface area (Å²) in [6.07, 6.45) is 3.90. The predicted molar refractivity (Wildman–Crippen MR) is 80.5 cm³/mol. The molecule has 0 bridgehead atoms. The zero-order chi connectivity index (χ0) is 13.7. The minimum atomic E-state index is 0.342. The monoisotopic (exact) mass is 261 g/mol. The van der Waals surface area contributed by atoms with Crippen molar-refractivity contribution in [2.45, 2.75) is 58.1 Å². The highest BCUT2D eigenvalue weighted by Crippen LogP contribution is 2.28. The molecule has 1 fully saturated rings. The molecule has 0 aliphatic carbocycles. The molecule has 1 aliphatic heterocycles. The molecular weight excluding hydrogens is 234 g/mol. The molecule has 2 heteroatoms. The molecule has 3 atom stereocenters. The van der Waals surface area contributed by atoms with E-state index in [4.69, 9.17) is 4.74 Å². The highest BCUT2D eigenvalue weighted by atomic mass is 16.5. The molecule has 0 saturated carbocycles. The van der Waals surface area contributed by atoms with Crippen molar-refractivity contribution in [3.05, 3.63) is 35.4 Å². The third-order valence-electron chi connectivity index (χ3n) is 4.24. The van der Waals surface area contributed by atoms with Gasteiger partial charge in [-0.25, -0.2) is 0 Å². The first-order valence-corrected chi connectivity index (χ1v) is 7.71. The molecule has 106 valence electrons. The van der Waals surface area contributed by atoms with Gasteiger partial charge >= 0.3 is 0 Å². The van der Waals surface area contributed by atoms with Gasteiger partial charge in [0.2, 0.25) is 0 Å². The lowest BCUT2D eigenvalue weighted by atomic mass is 9.94. The normalized spacial score (nSPS) is 22.4. The summed E-state index contributed by atoms with van der Waals surface area (Å²) in [5.41, 5.74) is 2.80.